The number of aromatic nitrogens is 1. The van der Waals surface area contributed by atoms with Crippen molar-refractivity contribution in [3.05, 3.63) is 24.0 Å². The highest BCUT2D eigenvalue weighted by Crippen LogP contribution is 2.14. The number of nitrogens with zero attached hydrogens (tertiary/aromatic N) is 2. The van der Waals surface area contributed by atoms with Crippen LogP contribution in [0.2, 0.25) is 0 Å². The van der Waals surface area contributed by atoms with Gasteiger partial charge >= 0.3 is 5.97 Å². The summed E-state index contributed by atoms with van der Waals surface area (Å²) in [6.07, 6.45) is 2.43. The molecule has 0 spiro atoms. The lowest BCUT2D eigenvalue weighted by Crippen LogP contribution is -2.20. The minimum absolute atomic E-state index is 0.212. The number of esters is 1. The number of carbonyl (C=O) groups excluding carboxylic acids is 1. The van der Waals surface area contributed by atoms with E-state index in [2.05, 4.69) is 0 Å². The van der Waals surface area contributed by atoms with E-state index in [1.165, 1.54) is 0 Å². The standard InChI is InChI=1S/C13H18N2O2/c1-4-11(7-8-14)17-13(16)12-6-5-9-15(12)10(2)3/h5-6,9-11H,4,7H2,1-3H3. The summed E-state index contributed by atoms with van der Waals surface area (Å²) in [7, 11) is 0. The number of hydrogen-bond donors (Lipinski definition) is 0. The summed E-state index contributed by atoms with van der Waals surface area (Å²) in [6.45, 7) is 5.91. The van der Waals surface area contributed by atoms with Gasteiger partial charge < -0.3 is 9.30 Å². The van der Waals surface area contributed by atoms with Gasteiger partial charge in [0.05, 0.1) is 12.5 Å². The highest BCUT2D eigenvalue weighted by atomic mass is 16.5. The Balaban J connectivity index is 2.76. The van der Waals surface area contributed by atoms with Crippen molar-refractivity contribution in [2.75, 3.05) is 0 Å². The zero-order chi connectivity index (χ0) is 12.8. The van der Waals surface area contributed by atoms with E-state index in [0.717, 1.165) is 0 Å². The van der Waals surface area contributed by atoms with E-state index in [0.29, 0.717) is 12.1 Å². The van der Waals surface area contributed by atoms with Crippen molar-refractivity contribution >= 4 is 5.97 Å². The zero-order valence-electron chi connectivity index (χ0n) is 10.5. The third-order valence-corrected chi connectivity index (χ3v) is 2.59. The Bertz CT molecular complexity index is 415. The van der Waals surface area contributed by atoms with Crippen LogP contribution in [-0.4, -0.2) is 16.6 Å². The molecule has 0 radical (unpaired) electrons. The molecule has 0 aliphatic rings. The molecule has 1 rings (SSSR count). The molecular formula is C13H18N2O2. The largest absolute Gasteiger partial charge is 0.457 e. The van der Waals surface area contributed by atoms with Crippen molar-refractivity contribution in [1.82, 2.24) is 4.57 Å². The van der Waals surface area contributed by atoms with Crippen LogP contribution in [0.25, 0.3) is 0 Å². The Morgan fingerprint density at radius 1 is 1.59 bits per heavy atom. The Labute approximate surface area is 102 Å². The second kappa shape index (κ2) is 6.09. The first-order valence-electron chi connectivity index (χ1n) is 5.84. The lowest BCUT2D eigenvalue weighted by atomic mass is 10.2. The summed E-state index contributed by atoms with van der Waals surface area (Å²) in [5, 5.41) is 8.61. The predicted molar refractivity (Wildman–Crippen MR) is 64.5 cm³/mol. The van der Waals surface area contributed by atoms with Crippen molar-refractivity contribution < 1.29 is 9.53 Å². The molecule has 0 fully saturated rings. The van der Waals surface area contributed by atoms with Gasteiger partial charge in [-0.2, -0.15) is 5.26 Å². The van der Waals surface area contributed by atoms with Gasteiger partial charge in [0.2, 0.25) is 0 Å². The lowest BCUT2D eigenvalue weighted by Gasteiger charge is -2.16. The topological polar surface area (TPSA) is 55.0 Å². The van der Waals surface area contributed by atoms with Crippen LogP contribution in [0.4, 0.5) is 0 Å². The highest BCUT2D eigenvalue weighted by molar-refractivity contribution is 5.87. The summed E-state index contributed by atoms with van der Waals surface area (Å²) < 4.78 is 7.16. The van der Waals surface area contributed by atoms with E-state index in [4.69, 9.17) is 10.00 Å². The van der Waals surface area contributed by atoms with Crippen molar-refractivity contribution in [2.45, 2.75) is 45.8 Å². The van der Waals surface area contributed by atoms with Crippen molar-refractivity contribution in [1.29, 1.82) is 5.26 Å². The maximum absolute atomic E-state index is 11.9. The van der Waals surface area contributed by atoms with E-state index in [-0.39, 0.29) is 24.5 Å². The average Bonchev–Trinajstić information content (AvgIpc) is 2.77. The summed E-state index contributed by atoms with van der Waals surface area (Å²) in [5.41, 5.74) is 0.538. The molecule has 0 aromatic carbocycles. The molecule has 1 aromatic heterocycles. The van der Waals surface area contributed by atoms with Crippen molar-refractivity contribution in [3.63, 3.8) is 0 Å². The molecule has 0 aliphatic carbocycles. The molecular weight excluding hydrogens is 216 g/mol. The molecule has 4 nitrogen and oxygen atoms in total. The molecule has 17 heavy (non-hydrogen) atoms. The first kappa shape index (κ1) is 13.3. The molecule has 1 atom stereocenters. The normalized spacial score (nSPS) is 12.2. The van der Waals surface area contributed by atoms with E-state index < -0.39 is 0 Å². The van der Waals surface area contributed by atoms with E-state index in [9.17, 15) is 4.79 Å². The van der Waals surface area contributed by atoms with Crippen LogP contribution in [0.3, 0.4) is 0 Å². The van der Waals surface area contributed by atoms with Gasteiger partial charge in [-0.25, -0.2) is 4.79 Å². The van der Waals surface area contributed by atoms with Gasteiger partial charge in [-0.3, -0.25) is 0 Å². The Morgan fingerprint density at radius 3 is 2.82 bits per heavy atom. The highest BCUT2D eigenvalue weighted by Gasteiger charge is 2.18. The van der Waals surface area contributed by atoms with E-state index in [1.54, 1.807) is 6.07 Å². The molecule has 0 amide bonds. The minimum atomic E-state index is -0.356. The third kappa shape index (κ3) is 3.35. The van der Waals surface area contributed by atoms with Gasteiger partial charge in [0.1, 0.15) is 11.8 Å². The number of nitriles is 1. The fraction of sp³-hybridized carbons (Fsp3) is 0.538. The fourth-order valence-electron chi connectivity index (χ4n) is 1.60. The number of ether oxygens (including phenoxy) is 1. The van der Waals surface area contributed by atoms with Crippen LogP contribution in [0.1, 0.15) is 50.1 Å². The van der Waals surface area contributed by atoms with Crippen LogP contribution in [0.15, 0.2) is 18.3 Å². The summed E-state index contributed by atoms with van der Waals surface area (Å²) in [5.74, 6) is -0.356. The monoisotopic (exact) mass is 234 g/mol. The molecule has 0 N–H and O–H groups in total. The summed E-state index contributed by atoms with van der Waals surface area (Å²) in [6, 6.07) is 5.79. The van der Waals surface area contributed by atoms with Crippen LogP contribution in [0.5, 0.6) is 0 Å². The van der Waals surface area contributed by atoms with Gasteiger partial charge in [0.15, 0.2) is 0 Å². The smallest absolute Gasteiger partial charge is 0.355 e. The molecule has 1 heterocycles. The lowest BCUT2D eigenvalue weighted by molar-refractivity contribution is 0.0289. The van der Waals surface area contributed by atoms with E-state index >= 15 is 0 Å². The van der Waals surface area contributed by atoms with E-state index in [1.807, 2.05) is 43.7 Å². The Hall–Kier alpha value is -1.76. The minimum Gasteiger partial charge on any atom is -0.457 e. The maximum atomic E-state index is 11.9. The molecule has 0 bridgehead atoms. The van der Waals surface area contributed by atoms with Crippen LogP contribution >= 0.6 is 0 Å². The van der Waals surface area contributed by atoms with Gasteiger partial charge in [-0.05, 0) is 32.4 Å². The second-order valence-electron chi connectivity index (χ2n) is 4.19. The number of carbonyl (C=O) groups is 1. The van der Waals surface area contributed by atoms with Gasteiger partial charge in [0.25, 0.3) is 0 Å². The molecule has 0 aliphatic heterocycles. The van der Waals surface area contributed by atoms with Gasteiger partial charge in [0, 0.05) is 12.2 Å². The van der Waals surface area contributed by atoms with Crippen LogP contribution < -0.4 is 0 Å². The second-order valence-corrected chi connectivity index (χ2v) is 4.19. The van der Waals surface area contributed by atoms with Crippen LogP contribution in [0, 0.1) is 11.3 Å². The molecule has 1 aromatic rings. The molecule has 1 unspecified atom stereocenters. The fourth-order valence-corrected chi connectivity index (χ4v) is 1.60. The zero-order valence-corrected chi connectivity index (χ0v) is 10.5. The Kier molecular flexibility index (Phi) is 4.77. The predicted octanol–water partition coefficient (Wildman–Crippen LogP) is 2.92. The quantitative estimate of drug-likeness (QED) is 0.736. The first-order chi connectivity index (χ1) is 8.10. The molecule has 4 heteroatoms. The van der Waals surface area contributed by atoms with Gasteiger partial charge in [-0.15, -0.1) is 0 Å². The summed E-state index contributed by atoms with van der Waals surface area (Å²) >= 11 is 0. The maximum Gasteiger partial charge on any atom is 0.355 e. The SMILES string of the molecule is CCC(CC#N)OC(=O)c1cccn1C(C)C. The van der Waals surface area contributed by atoms with Gasteiger partial charge in [-0.1, -0.05) is 6.92 Å². The average molecular weight is 234 g/mol. The molecule has 0 saturated carbocycles. The van der Waals surface area contributed by atoms with Crippen molar-refractivity contribution in [3.8, 4) is 6.07 Å². The first-order valence-corrected chi connectivity index (χ1v) is 5.84. The number of rotatable bonds is 5. The number of hydrogen-bond acceptors (Lipinski definition) is 3. The van der Waals surface area contributed by atoms with Crippen LogP contribution in [-0.2, 0) is 4.74 Å². The molecule has 0 saturated heterocycles. The summed E-state index contributed by atoms with van der Waals surface area (Å²) in [4.78, 5) is 11.9. The van der Waals surface area contributed by atoms with Crippen molar-refractivity contribution in [2.24, 2.45) is 0 Å². The Morgan fingerprint density at radius 2 is 2.29 bits per heavy atom. The third-order valence-electron chi connectivity index (χ3n) is 2.59. The molecule has 92 valence electrons.